The van der Waals surface area contributed by atoms with Crippen LogP contribution in [0.4, 0.5) is 0 Å². The summed E-state index contributed by atoms with van der Waals surface area (Å²) in [4.78, 5) is 18.9. The number of aromatic nitrogens is 5. The summed E-state index contributed by atoms with van der Waals surface area (Å²) in [5, 5.41) is 13.8. The van der Waals surface area contributed by atoms with Gasteiger partial charge in [0, 0.05) is 10.9 Å². The number of hydrogen-bond donors (Lipinski definition) is 1. The van der Waals surface area contributed by atoms with Gasteiger partial charge in [-0.3, -0.25) is 9.69 Å². The van der Waals surface area contributed by atoms with Crippen LogP contribution < -0.4 is 5.56 Å². The Labute approximate surface area is 177 Å². The van der Waals surface area contributed by atoms with Crippen molar-refractivity contribution in [3.63, 3.8) is 0 Å². The second-order valence-corrected chi connectivity index (χ2v) is 9.51. The standard InChI is InChI=1S/C23H32N6O/c1-15-10-11-16(2)19-17(15)14-18(22(30)24-19)20(28-12-8-6-7-9-13-28)21-25-26-27-29(21)23(3,4)5/h10-11,14,20H,6-9,12-13H2,1-5H3,(H,24,30). The quantitative estimate of drug-likeness (QED) is 0.712. The third-order valence-corrected chi connectivity index (χ3v) is 6.15. The molecule has 0 saturated carbocycles. The number of aromatic amines is 1. The van der Waals surface area contributed by atoms with Crippen molar-refractivity contribution in [1.29, 1.82) is 0 Å². The summed E-state index contributed by atoms with van der Waals surface area (Å²) in [5.74, 6) is 0.736. The molecule has 1 aromatic carbocycles. The summed E-state index contributed by atoms with van der Waals surface area (Å²) in [6, 6.07) is 5.96. The highest BCUT2D eigenvalue weighted by atomic mass is 16.1. The maximum Gasteiger partial charge on any atom is 0.253 e. The molecule has 1 unspecified atom stereocenters. The molecule has 160 valence electrons. The summed E-state index contributed by atoms with van der Waals surface area (Å²) in [7, 11) is 0. The third kappa shape index (κ3) is 3.78. The summed E-state index contributed by atoms with van der Waals surface area (Å²) >= 11 is 0. The Bertz CT molecular complexity index is 1100. The van der Waals surface area contributed by atoms with Crippen molar-refractivity contribution in [3.05, 3.63) is 51.1 Å². The molecule has 0 amide bonds. The summed E-state index contributed by atoms with van der Waals surface area (Å²) in [5.41, 5.74) is 3.52. The first-order chi connectivity index (χ1) is 14.3. The molecule has 1 saturated heterocycles. The van der Waals surface area contributed by atoms with Gasteiger partial charge in [0.25, 0.3) is 5.56 Å². The van der Waals surface area contributed by atoms with E-state index in [1.165, 1.54) is 12.8 Å². The first kappa shape index (κ1) is 20.7. The molecule has 7 nitrogen and oxygen atoms in total. The number of rotatable bonds is 3. The molecule has 7 heteroatoms. The Hall–Kier alpha value is -2.54. The van der Waals surface area contributed by atoms with Gasteiger partial charge in [-0.2, -0.15) is 0 Å². The molecule has 3 aromatic rings. The van der Waals surface area contributed by atoms with Crippen LogP contribution in [-0.4, -0.2) is 43.2 Å². The molecular weight excluding hydrogens is 376 g/mol. The average Bonchev–Trinajstić information content (AvgIpc) is 3.03. The fourth-order valence-electron chi connectivity index (χ4n) is 4.49. The van der Waals surface area contributed by atoms with Gasteiger partial charge in [0.05, 0.1) is 11.1 Å². The number of fused-ring (bicyclic) bond motifs is 1. The minimum Gasteiger partial charge on any atom is -0.321 e. The molecule has 0 radical (unpaired) electrons. The van der Waals surface area contributed by atoms with Crippen LogP contribution in [0.15, 0.2) is 23.0 Å². The minimum atomic E-state index is -0.279. The Morgan fingerprint density at radius 1 is 1.03 bits per heavy atom. The minimum absolute atomic E-state index is 0.0612. The lowest BCUT2D eigenvalue weighted by molar-refractivity contribution is 0.208. The van der Waals surface area contributed by atoms with Gasteiger partial charge in [0.15, 0.2) is 5.82 Å². The van der Waals surface area contributed by atoms with Gasteiger partial charge in [-0.1, -0.05) is 25.0 Å². The summed E-state index contributed by atoms with van der Waals surface area (Å²) < 4.78 is 1.87. The Morgan fingerprint density at radius 2 is 1.70 bits per heavy atom. The van der Waals surface area contributed by atoms with E-state index in [1.807, 2.05) is 11.6 Å². The second-order valence-electron chi connectivity index (χ2n) is 9.51. The van der Waals surface area contributed by atoms with E-state index < -0.39 is 0 Å². The topological polar surface area (TPSA) is 79.7 Å². The number of nitrogens with zero attached hydrogens (tertiary/aromatic N) is 5. The molecule has 0 aliphatic carbocycles. The van der Waals surface area contributed by atoms with Gasteiger partial charge >= 0.3 is 0 Å². The van der Waals surface area contributed by atoms with E-state index in [-0.39, 0.29) is 17.1 Å². The number of nitrogens with one attached hydrogen (secondary N) is 1. The number of H-pyrrole nitrogens is 1. The largest absolute Gasteiger partial charge is 0.321 e. The number of pyridine rings is 1. The van der Waals surface area contributed by atoms with Gasteiger partial charge in [-0.15, -0.1) is 5.10 Å². The SMILES string of the molecule is Cc1ccc(C)c2[nH]c(=O)c(C(c3nnnn3C(C)(C)C)N3CCCCCC3)cc12. The lowest BCUT2D eigenvalue weighted by Crippen LogP contribution is -2.38. The molecule has 4 rings (SSSR count). The normalized spacial score (nSPS) is 17.2. The zero-order chi connectivity index (χ0) is 21.5. The molecule has 0 spiro atoms. The van der Waals surface area contributed by atoms with Crippen LogP contribution in [0, 0.1) is 13.8 Å². The highest BCUT2D eigenvalue weighted by Gasteiger charge is 2.33. The Kier molecular flexibility index (Phi) is 5.49. The van der Waals surface area contributed by atoms with Gasteiger partial charge in [-0.25, -0.2) is 4.68 Å². The first-order valence-electron chi connectivity index (χ1n) is 10.9. The molecule has 1 aliphatic rings. The highest BCUT2D eigenvalue weighted by molar-refractivity contribution is 5.85. The van der Waals surface area contributed by atoms with Crippen molar-refractivity contribution in [2.75, 3.05) is 13.1 Å². The van der Waals surface area contributed by atoms with Crippen molar-refractivity contribution in [1.82, 2.24) is 30.1 Å². The van der Waals surface area contributed by atoms with Crippen molar-refractivity contribution in [2.45, 2.75) is 71.9 Å². The number of aryl methyl sites for hydroxylation is 2. The molecule has 1 aliphatic heterocycles. The number of benzene rings is 1. The zero-order valence-corrected chi connectivity index (χ0v) is 18.7. The van der Waals surface area contributed by atoms with E-state index >= 15 is 0 Å². The van der Waals surface area contributed by atoms with E-state index in [0.29, 0.717) is 0 Å². The van der Waals surface area contributed by atoms with Crippen LogP contribution in [0.1, 0.15) is 75.0 Å². The van der Waals surface area contributed by atoms with Gasteiger partial charge < -0.3 is 4.98 Å². The van der Waals surface area contributed by atoms with Crippen LogP contribution in [-0.2, 0) is 5.54 Å². The van der Waals surface area contributed by atoms with Crippen LogP contribution in [0.3, 0.4) is 0 Å². The van der Waals surface area contributed by atoms with E-state index in [1.54, 1.807) is 0 Å². The van der Waals surface area contributed by atoms with E-state index in [2.05, 4.69) is 71.3 Å². The molecule has 3 heterocycles. The Balaban J connectivity index is 1.95. The van der Waals surface area contributed by atoms with Crippen molar-refractivity contribution in [2.24, 2.45) is 0 Å². The maximum absolute atomic E-state index is 13.4. The predicted octanol–water partition coefficient (Wildman–Crippen LogP) is 3.85. The van der Waals surface area contributed by atoms with Crippen LogP contribution in [0.25, 0.3) is 10.9 Å². The molecule has 0 bridgehead atoms. The number of hydrogen-bond acceptors (Lipinski definition) is 5. The third-order valence-electron chi connectivity index (χ3n) is 6.15. The average molecular weight is 409 g/mol. The number of likely N-dealkylation sites (tertiary alicyclic amines) is 1. The maximum atomic E-state index is 13.4. The molecule has 1 N–H and O–H groups in total. The van der Waals surface area contributed by atoms with E-state index in [9.17, 15) is 4.79 Å². The van der Waals surface area contributed by atoms with Gasteiger partial charge in [0.1, 0.15) is 6.04 Å². The monoisotopic (exact) mass is 408 g/mol. The van der Waals surface area contributed by atoms with Crippen LogP contribution in [0.2, 0.25) is 0 Å². The molecular formula is C23H32N6O. The van der Waals surface area contributed by atoms with E-state index in [4.69, 9.17) is 0 Å². The highest BCUT2D eigenvalue weighted by Crippen LogP contribution is 2.32. The van der Waals surface area contributed by atoms with Gasteiger partial charge in [-0.05, 0) is 88.2 Å². The predicted molar refractivity (Wildman–Crippen MR) is 119 cm³/mol. The van der Waals surface area contributed by atoms with Crippen LogP contribution in [0.5, 0.6) is 0 Å². The second kappa shape index (κ2) is 7.95. The molecule has 1 atom stereocenters. The fraction of sp³-hybridized carbons (Fsp3) is 0.565. The molecule has 1 fully saturated rings. The lowest BCUT2D eigenvalue weighted by Gasteiger charge is -2.32. The smallest absolute Gasteiger partial charge is 0.253 e. The summed E-state index contributed by atoms with van der Waals surface area (Å²) in [6.45, 7) is 12.3. The van der Waals surface area contributed by atoms with Crippen molar-refractivity contribution < 1.29 is 0 Å². The fourth-order valence-corrected chi connectivity index (χ4v) is 4.49. The zero-order valence-electron chi connectivity index (χ0n) is 18.7. The van der Waals surface area contributed by atoms with Gasteiger partial charge in [0.2, 0.25) is 0 Å². The Morgan fingerprint density at radius 3 is 2.37 bits per heavy atom. The van der Waals surface area contributed by atoms with Crippen LogP contribution >= 0.6 is 0 Å². The molecule has 30 heavy (non-hydrogen) atoms. The number of tetrazole rings is 1. The van der Waals surface area contributed by atoms with Crippen molar-refractivity contribution >= 4 is 10.9 Å². The van der Waals surface area contributed by atoms with E-state index in [0.717, 1.165) is 59.3 Å². The first-order valence-corrected chi connectivity index (χ1v) is 10.9. The summed E-state index contributed by atoms with van der Waals surface area (Å²) in [6.07, 6.45) is 4.69. The lowest BCUT2D eigenvalue weighted by atomic mass is 9.98. The molecule has 2 aromatic heterocycles. The van der Waals surface area contributed by atoms with Crippen molar-refractivity contribution in [3.8, 4) is 0 Å².